The van der Waals surface area contributed by atoms with Crippen molar-refractivity contribution in [3.63, 3.8) is 0 Å². The minimum absolute atomic E-state index is 0.0516. The Kier molecular flexibility index (Phi) is 7.26. The summed E-state index contributed by atoms with van der Waals surface area (Å²) in [7, 11) is 2.41. The summed E-state index contributed by atoms with van der Waals surface area (Å²) in [5.41, 5.74) is 2.06. The van der Waals surface area contributed by atoms with E-state index in [4.69, 9.17) is 9.47 Å². The Labute approximate surface area is 188 Å². The van der Waals surface area contributed by atoms with Gasteiger partial charge in [0.15, 0.2) is 5.17 Å². The number of esters is 2. The second-order valence-corrected chi connectivity index (χ2v) is 8.07. The maximum atomic E-state index is 12.9. The molecule has 0 spiro atoms. The normalized spacial score (nSPS) is 16.8. The average molecular weight is 455 g/mol. The van der Waals surface area contributed by atoms with E-state index in [0.717, 1.165) is 17.3 Å². The van der Waals surface area contributed by atoms with E-state index < -0.39 is 23.1 Å². The molecule has 2 amide bonds. The van der Waals surface area contributed by atoms with Gasteiger partial charge in [-0.2, -0.15) is 0 Å². The van der Waals surface area contributed by atoms with E-state index in [-0.39, 0.29) is 29.1 Å². The number of anilines is 1. The molecule has 0 unspecified atom stereocenters. The lowest BCUT2D eigenvalue weighted by Crippen LogP contribution is -2.41. The number of hydrogen-bond acceptors (Lipinski definition) is 8. The van der Waals surface area contributed by atoms with Crippen molar-refractivity contribution in [3.05, 3.63) is 59.2 Å². The topological polar surface area (TPSA) is 123 Å². The number of ether oxygens (including phenoxy) is 2. The molecule has 0 aliphatic carbocycles. The zero-order valence-electron chi connectivity index (χ0n) is 17.6. The lowest BCUT2D eigenvalue weighted by atomic mass is 10.1. The first-order valence-corrected chi connectivity index (χ1v) is 10.4. The van der Waals surface area contributed by atoms with Crippen molar-refractivity contribution in [2.75, 3.05) is 19.5 Å². The monoisotopic (exact) mass is 455 g/mol. The number of benzene rings is 2. The molecule has 1 aliphatic rings. The standard InChI is InChI=1S/C22H21N3O6S/c1-12-4-6-15(7-5-12)24-22-25-18(26)11-17(32-22)19(27)23-16-9-13(20(28)30-2)8-14(10-16)21(29)31-3/h4-10,17H,11H2,1-3H3,(H,23,27)(H,24,25,26)/t17-/m0/s1. The van der Waals surface area contributed by atoms with E-state index in [2.05, 4.69) is 15.6 Å². The van der Waals surface area contributed by atoms with E-state index in [1.165, 1.54) is 32.4 Å². The molecule has 1 aliphatic heterocycles. The molecule has 10 heteroatoms. The van der Waals surface area contributed by atoms with Crippen LogP contribution in [0.5, 0.6) is 0 Å². The van der Waals surface area contributed by atoms with Gasteiger partial charge in [0.25, 0.3) is 0 Å². The molecule has 1 atom stereocenters. The van der Waals surface area contributed by atoms with Gasteiger partial charge < -0.3 is 20.1 Å². The summed E-state index contributed by atoms with van der Waals surface area (Å²) in [4.78, 5) is 53.3. The van der Waals surface area contributed by atoms with Crippen molar-refractivity contribution in [1.82, 2.24) is 5.32 Å². The molecule has 2 N–H and O–H groups in total. The SMILES string of the molecule is COC(=O)c1cc(NC(=O)[C@@H]2CC(=O)NC(=Nc3ccc(C)cc3)S2)cc(C(=O)OC)c1. The average Bonchev–Trinajstić information content (AvgIpc) is 2.78. The summed E-state index contributed by atoms with van der Waals surface area (Å²) < 4.78 is 9.39. The first-order chi connectivity index (χ1) is 15.3. The number of aliphatic imine (C=N–C) groups is 1. The molecule has 166 valence electrons. The Morgan fingerprint density at radius 3 is 2.19 bits per heavy atom. The summed E-state index contributed by atoms with van der Waals surface area (Å²) in [6.07, 6.45) is -0.0516. The van der Waals surface area contributed by atoms with Crippen LogP contribution in [-0.2, 0) is 19.1 Å². The highest BCUT2D eigenvalue weighted by Gasteiger charge is 2.30. The Morgan fingerprint density at radius 1 is 1.03 bits per heavy atom. The van der Waals surface area contributed by atoms with Crippen molar-refractivity contribution in [3.8, 4) is 0 Å². The van der Waals surface area contributed by atoms with Crippen LogP contribution in [0.25, 0.3) is 0 Å². The number of amidine groups is 1. The van der Waals surface area contributed by atoms with Crippen LogP contribution in [0.3, 0.4) is 0 Å². The third kappa shape index (κ3) is 5.73. The first kappa shape index (κ1) is 23.0. The highest BCUT2D eigenvalue weighted by molar-refractivity contribution is 8.15. The zero-order valence-corrected chi connectivity index (χ0v) is 18.4. The largest absolute Gasteiger partial charge is 0.465 e. The predicted octanol–water partition coefficient (Wildman–Crippen LogP) is 2.82. The molecule has 0 saturated carbocycles. The van der Waals surface area contributed by atoms with E-state index in [0.29, 0.717) is 10.9 Å². The molecule has 1 heterocycles. The fourth-order valence-electron chi connectivity index (χ4n) is 2.88. The van der Waals surface area contributed by atoms with Crippen LogP contribution in [-0.4, -0.2) is 48.4 Å². The highest BCUT2D eigenvalue weighted by atomic mass is 32.2. The summed E-state index contributed by atoms with van der Waals surface area (Å²) >= 11 is 1.11. The highest BCUT2D eigenvalue weighted by Crippen LogP contribution is 2.26. The molecule has 1 fully saturated rings. The molecule has 9 nitrogen and oxygen atoms in total. The minimum Gasteiger partial charge on any atom is -0.465 e. The summed E-state index contributed by atoms with van der Waals surface area (Å²) in [6.45, 7) is 1.95. The summed E-state index contributed by atoms with van der Waals surface area (Å²) in [5.74, 6) is -2.16. The second kappa shape index (κ2) is 10.1. The molecule has 2 aromatic carbocycles. The van der Waals surface area contributed by atoms with Gasteiger partial charge in [0, 0.05) is 12.1 Å². The molecule has 1 saturated heterocycles. The van der Waals surface area contributed by atoms with Crippen LogP contribution in [0.1, 0.15) is 32.7 Å². The van der Waals surface area contributed by atoms with E-state index >= 15 is 0 Å². The minimum atomic E-state index is -0.753. The van der Waals surface area contributed by atoms with Crippen molar-refractivity contribution in [2.45, 2.75) is 18.6 Å². The predicted molar refractivity (Wildman–Crippen MR) is 120 cm³/mol. The molecule has 0 radical (unpaired) electrons. The van der Waals surface area contributed by atoms with E-state index in [1.807, 2.05) is 31.2 Å². The molecule has 3 rings (SSSR count). The Hall–Kier alpha value is -3.66. The van der Waals surface area contributed by atoms with Crippen LogP contribution < -0.4 is 10.6 Å². The first-order valence-electron chi connectivity index (χ1n) is 9.53. The maximum Gasteiger partial charge on any atom is 0.337 e. The van der Waals surface area contributed by atoms with Gasteiger partial charge in [-0.05, 0) is 37.3 Å². The van der Waals surface area contributed by atoms with Crippen LogP contribution >= 0.6 is 11.8 Å². The second-order valence-electron chi connectivity index (χ2n) is 6.88. The van der Waals surface area contributed by atoms with Gasteiger partial charge in [-0.25, -0.2) is 14.6 Å². The van der Waals surface area contributed by atoms with Gasteiger partial charge in [-0.15, -0.1) is 0 Å². The van der Waals surface area contributed by atoms with Gasteiger partial charge >= 0.3 is 11.9 Å². The third-order valence-corrected chi connectivity index (χ3v) is 5.55. The lowest BCUT2D eigenvalue weighted by molar-refractivity contribution is -0.123. The number of carbonyl (C=O) groups excluding carboxylic acids is 4. The number of aryl methyl sites for hydroxylation is 1. The summed E-state index contributed by atoms with van der Waals surface area (Å²) in [6, 6.07) is 11.5. The van der Waals surface area contributed by atoms with E-state index in [9.17, 15) is 19.2 Å². The number of amides is 2. The number of methoxy groups -OCH3 is 2. The van der Waals surface area contributed by atoms with Gasteiger partial charge in [0.05, 0.1) is 31.0 Å². The van der Waals surface area contributed by atoms with Gasteiger partial charge in [-0.1, -0.05) is 29.5 Å². The lowest BCUT2D eigenvalue weighted by Gasteiger charge is -2.22. The smallest absolute Gasteiger partial charge is 0.337 e. The van der Waals surface area contributed by atoms with E-state index in [1.54, 1.807) is 0 Å². The van der Waals surface area contributed by atoms with Gasteiger partial charge in [0.2, 0.25) is 11.8 Å². The zero-order chi connectivity index (χ0) is 23.3. The van der Waals surface area contributed by atoms with Crippen molar-refractivity contribution in [1.29, 1.82) is 0 Å². The number of nitrogens with one attached hydrogen (secondary N) is 2. The number of carbonyl (C=O) groups is 4. The van der Waals surface area contributed by atoms with Gasteiger partial charge in [0.1, 0.15) is 5.25 Å². The Morgan fingerprint density at radius 2 is 1.62 bits per heavy atom. The number of rotatable bonds is 5. The fourth-order valence-corrected chi connectivity index (χ4v) is 3.88. The van der Waals surface area contributed by atoms with Crippen LogP contribution in [0.4, 0.5) is 11.4 Å². The molecular weight excluding hydrogens is 434 g/mol. The Balaban J connectivity index is 1.81. The Bertz CT molecular complexity index is 1060. The van der Waals surface area contributed by atoms with Crippen molar-refractivity contribution in [2.24, 2.45) is 4.99 Å². The molecular formula is C22H21N3O6S. The molecule has 0 bridgehead atoms. The van der Waals surface area contributed by atoms with Crippen LogP contribution in [0.15, 0.2) is 47.5 Å². The maximum absolute atomic E-state index is 12.9. The van der Waals surface area contributed by atoms with Crippen LogP contribution in [0.2, 0.25) is 0 Å². The molecule has 32 heavy (non-hydrogen) atoms. The van der Waals surface area contributed by atoms with Crippen molar-refractivity contribution < 1.29 is 28.7 Å². The van der Waals surface area contributed by atoms with Crippen LogP contribution in [0, 0.1) is 6.92 Å². The molecule has 2 aromatic rings. The molecule has 0 aromatic heterocycles. The number of thioether (sulfide) groups is 1. The van der Waals surface area contributed by atoms with Gasteiger partial charge in [-0.3, -0.25) is 9.59 Å². The number of nitrogens with zero attached hydrogens (tertiary/aromatic N) is 1. The third-order valence-electron chi connectivity index (χ3n) is 4.47. The number of hydrogen-bond donors (Lipinski definition) is 2. The van der Waals surface area contributed by atoms with Crippen molar-refractivity contribution >= 4 is 52.1 Å². The quantitative estimate of drug-likeness (QED) is 0.665. The fraction of sp³-hybridized carbons (Fsp3) is 0.227. The summed E-state index contributed by atoms with van der Waals surface area (Å²) in [5, 5.41) is 4.87.